The lowest BCUT2D eigenvalue weighted by atomic mass is 9.91. The highest BCUT2D eigenvalue weighted by atomic mass is 14.8. The van der Waals surface area contributed by atoms with Crippen molar-refractivity contribution in [2.75, 3.05) is 13.1 Å². The maximum Gasteiger partial charge on any atom is 0.0609 e. The van der Waals surface area contributed by atoms with E-state index in [1.165, 1.54) is 37.0 Å². The first kappa shape index (κ1) is 7.04. The van der Waals surface area contributed by atoms with Gasteiger partial charge in [0, 0.05) is 6.54 Å². The highest BCUT2D eigenvalue weighted by molar-refractivity contribution is 6.04. The molecule has 0 atom stereocenters. The van der Waals surface area contributed by atoms with Crippen molar-refractivity contribution in [3.8, 4) is 0 Å². The fraction of sp³-hybridized carbons (Fsp3) is 0.667. The Kier molecular flexibility index (Phi) is 1.78. The summed E-state index contributed by atoms with van der Waals surface area (Å²) in [6, 6.07) is 0. The molecular weight excluding hydrogens is 136 g/mol. The second-order valence-electron chi connectivity index (χ2n) is 3.26. The number of rotatable bonds is 1. The predicted molar refractivity (Wildman–Crippen MR) is 46.9 cm³/mol. The second-order valence-corrected chi connectivity index (χ2v) is 3.26. The summed E-state index contributed by atoms with van der Waals surface area (Å²) in [5, 5.41) is 0. The number of aliphatic imine (C=N–C) groups is 1. The van der Waals surface area contributed by atoms with Crippen molar-refractivity contribution in [1.82, 2.24) is 0 Å². The third kappa shape index (κ3) is 1.11. The molecule has 0 unspecified atom stereocenters. The Morgan fingerprint density at radius 3 is 2.91 bits per heavy atom. The van der Waals surface area contributed by atoms with E-state index in [2.05, 4.69) is 4.99 Å². The second kappa shape index (κ2) is 2.78. The lowest BCUT2D eigenvalue weighted by molar-refractivity contribution is 0.687. The highest BCUT2D eigenvalue weighted by Crippen LogP contribution is 2.29. The van der Waals surface area contributed by atoms with E-state index in [9.17, 15) is 0 Å². The van der Waals surface area contributed by atoms with Crippen molar-refractivity contribution in [3.63, 3.8) is 0 Å². The molecule has 0 saturated heterocycles. The maximum atomic E-state index is 5.58. The molecular formula is C9H14N2. The van der Waals surface area contributed by atoms with Gasteiger partial charge in [-0.15, -0.1) is 0 Å². The van der Waals surface area contributed by atoms with Crippen LogP contribution >= 0.6 is 0 Å². The van der Waals surface area contributed by atoms with Crippen LogP contribution in [-0.2, 0) is 0 Å². The zero-order valence-electron chi connectivity index (χ0n) is 6.77. The van der Waals surface area contributed by atoms with Crippen molar-refractivity contribution in [3.05, 3.63) is 11.1 Å². The van der Waals surface area contributed by atoms with Crippen LogP contribution in [0.5, 0.6) is 0 Å². The molecule has 60 valence electrons. The average molecular weight is 150 g/mol. The van der Waals surface area contributed by atoms with E-state index >= 15 is 0 Å². The van der Waals surface area contributed by atoms with Gasteiger partial charge in [0.05, 0.1) is 12.3 Å². The molecule has 0 aromatic heterocycles. The molecule has 0 aromatic rings. The molecule has 0 spiro atoms. The zero-order valence-corrected chi connectivity index (χ0v) is 6.77. The number of nitrogens with two attached hydrogens (primary N) is 1. The zero-order chi connectivity index (χ0) is 7.68. The quantitative estimate of drug-likeness (QED) is 0.600. The molecule has 0 radical (unpaired) electrons. The minimum absolute atomic E-state index is 0.638. The standard InChI is InChI=1S/C9H14N2/c10-5-9-8-4-2-1-3-7(8)6-11-9/h1-6,10H2. The first-order chi connectivity index (χ1) is 5.42. The van der Waals surface area contributed by atoms with Crippen LogP contribution in [0.2, 0.25) is 0 Å². The summed E-state index contributed by atoms with van der Waals surface area (Å²) < 4.78 is 0. The van der Waals surface area contributed by atoms with Crippen molar-refractivity contribution in [2.24, 2.45) is 10.7 Å². The van der Waals surface area contributed by atoms with Crippen LogP contribution in [0.15, 0.2) is 16.1 Å². The summed E-state index contributed by atoms with van der Waals surface area (Å²) in [5.74, 6) is 0. The van der Waals surface area contributed by atoms with Crippen molar-refractivity contribution in [1.29, 1.82) is 0 Å². The monoisotopic (exact) mass is 150 g/mol. The highest BCUT2D eigenvalue weighted by Gasteiger charge is 2.20. The normalized spacial score (nSPS) is 23.5. The van der Waals surface area contributed by atoms with Crippen LogP contribution in [0.3, 0.4) is 0 Å². The van der Waals surface area contributed by atoms with Crippen LogP contribution < -0.4 is 5.73 Å². The van der Waals surface area contributed by atoms with Crippen LogP contribution in [0.1, 0.15) is 25.7 Å². The Morgan fingerprint density at radius 1 is 1.27 bits per heavy atom. The number of hydrogen-bond acceptors (Lipinski definition) is 2. The summed E-state index contributed by atoms with van der Waals surface area (Å²) in [6.07, 6.45) is 5.18. The Hall–Kier alpha value is -0.630. The third-order valence-electron chi connectivity index (χ3n) is 2.58. The maximum absolute atomic E-state index is 5.58. The molecule has 1 aliphatic carbocycles. The van der Waals surface area contributed by atoms with Gasteiger partial charge in [-0.2, -0.15) is 0 Å². The lowest BCUT2D eigenvalue weighted by Gasteiger charge is -2.13. The fourth-order valence-electron chi connectivity index (χ4n) is 1.96. The van der Waals surface area contributed by atoms with Crippen molar-refractivity contribution >= 4 is 5.71 Å². The van der Waals surface area contributed by atoms with E-state index in [4.69, 9.17) is 5.73 Å². The number of nitrogens with zero attached hydrogens (tertiary/aromatic N) is 1. The van der Waals surface area contributed by atoms with E-state index in [1.807, 2.05) is 0 Å². The van der Waals surface area contributed by atoms with Gasteiger partial charge >= 0.3 is 0 Å². The molecule has 2 heteroatoms. The molecule has 0 bridgehead atoms. The first-order valence-electron chi connectivity index (χ1n) is 4.36. The van der Waals surface area contributed by atoms with Gasteiger partial charge in [0.25, 0.3) is 0 Å². The summed E-state index contributed by atoms with van der Waals surface area (Å²) >= 11 is 0. The SMILES string of the molecule is NCC1=NCC2=C1CCCC2. The molecule has 1 heterocycles. The molecule has 0 amide bonds. The van der Waals surface area contributed by atoms with Crippen LogP contribution in [0.4, 0.5) is 0 Å². The smallest absolute Gasteiger partial charge is 0.0609 e. The fourth-order valence-corrected chi connectivity index (χ4v) is 1.96. The van der Waals surface area contributed by atoms with E-state index in [0.717, 1.165) is 6.54 Å². The minimum Gasteiger partial charge on any atom is -0.325 e. The van der Waals surface area contributed by atoms with Gasteiger partial charge < -0.3 is 5.73 Å². The van der Waals surface area contributed by atoms with Crippen LogP contribution in [-0.4, -0.2) is 18.8 Å². The Morgan fingerprint density at radius 2 is 2.09 bits per heavy atom. The van der Waals surface area contributed by atoms with Gasteiger partial charge in [-0.05, 0) is 36.8 Å². The van der Waals surface area contributed by atoms with Crippen LogP contribution in [0.25, 0.3) is 0 Å². The molecule has 11 heavy (non-hydrogen) atoms. The van der Waals surface area contributed by atoms with Gasteiger partial charge in [0.15, 0.2) is 0 Å². The molecule has 1 aliphatic heterocycles. The van der Waals surface area contributed by atoms with Crippen molar-refractivity contribution in [2.45, 2.75) is 25.7 Å². The summed E-state index contributed by atoms with van der Waals surface area (Å²) in [7, 11) is 0. The first-order valence-corrected chi connectivity index (χ1v) is 4.36. The Labute approximate surface area is 67.2 Å². The van der Waals surface area contributed by atoms with Gasteiger partial charge in [0.1, 0.15) is 0 Å². The van der Waals surface area contributed by atoms with Gasteiger partial charge in [-0.25, -0.2) is 0 Å². The molecule has 0 saturated carbocycles. The molecule has 2 nitrogen and oxygen atoms in total. The molecule has 2 aliphatic rings. The average Bonchev–Trinajstić information content (AvgIpc) is 2.47. The minimum atomic E-state index is 0.638. The van der Waals surface area contributed by atoms with Gasteiger partial charge in [-0.3, -0.25) is 4.99 Å². The van der Waals surface area contributed by atoms with Crippen molar-refractivity contribution < 1.29 is 0 Å². The summed E-state index contributed by atoms with van der Waals surface area (Å²) in [5.41, 5.74) is 9.82. The third-order valence-corrected chi connectivity index (χ3v) is 2.58. The summed E-state index contributed by atoms with van der Waals surface area (Å²) in [4.78, 5) is 4.42. The molecule has 0 aromatic carbocycles. The lowest BCUT2D eigenvalue weighted by Crippen LogP contribution is -2.15. The van der Waals surface area contributed by atoms with Gasteiger partial charge in [-0.1, -0.05) is 0 Å². The van der Waals surface area contributed by atoms with E-state index in [-0.39, 0.29) is 0 Å². The molecule has 2 N–H and O–H groups in total. The number of hydrogen-bond donors (Lipinski definition) is 1. The van der Waals surface area contributed by atoms with E-state index in [0.29, 0.717) is 6.54 Å². The largest absolute Gasteiger partial charge is 0.325 e. The Balaban J connectivity index is 2.22. The van der Waals surface area contributed by atoms with Crippen LogP contribution in [0, 0.1) is 0 Å². The van der Waals surface area contributed by atoms with E-state index < -0.39 is 0 Å². The molecule has 2 rings (SSSR count). The van der Waals surface area contributed by atoms with E-state index in [1.54, 1.807) is 5.57 Å². The van der Waals surface area contributed by atoms with Gasteiger partial charge in [0.2, 0.25) is 0 Å². The predicted octanol–water partition coefficient (Wildman–Crippen LogP) is 1.27. The topological polar surface area (TPSA) is 38.4 Å². The summed E-state index contributed by atoms with van der Waals surface area (Å²) in [6.45, 7) is 1.58. The Bertz CT molecular complexity index is 226. The molecule has 0 fully saturated rings.